The minimum Gasteiger partial charge on any atom is -0.323 e. The van der Waals surface area contributed by atoms with Crippen molar-refractivity contribution in [1.82, 2.24) is 10.2 Å². The van der Waals surface area contributed by atoms with Gasteiger partial charge in [-0.25, -0.2) is 0 Å². The van der Waals surface area contributed by atoms with Crippen LogP contribution in [-0.4, -0.2) is 29.1 Å². The number of nitrogens with zero attached hydrogens (tertiary/aromatic N) is 1. The van der Waals surface area contributed by atoms with Crippen LogP contribution >= 0.6 is 0 Å². The third-order valence-electron chi connectivity index (χ3n) is 3.84. The van der Waals surface area contributed by atoms with Gasteiger partial charge in [-0.1, -0.05) is 27.2 Å². The first-order chi connectivity index (χ1) is 7.22. The molecule has 1 heterocycles. The lowest BCUT2D eigenvalue weighted by molar-refractivity contribution is -0.130. The Kier molecular flexibility index (Phi) is 3.01. The molecule has 2 fully saturated rings. The highest BCUT2D eigenvalue weighted by Crippen LogP contribution is 2.41. The molecule has 4 unspecified atom stereocenters. The summed E-state index contributed by atoms with van der Waals surface area (Å²) in [6, 6.07) is 0.615. The van der Waals surface area contributed by atoms with E-state index < -0.39 is 0 Å². The van der Waals surface area contributed by atoms with E-state index in [1.165, 1.54) is 12.8 Å². The van der Waals surface area contributed by atoms with Crippen LogP contribution in [0.4, 0.5) is 0 Å². The molecule has 4 atom stereocenters. The van der Waals surface area contributed by atoms with Crippen LogP contribution in [0.2, 0.25) is 0 Å². The molecule has 1 aliphatic carbocycles. The molecule has 0 aromatic rings. The first-order valence-electron chi connectivity index (χ1n) is 6.31. The van der Waals surface area contributed by atoms with Crippen LogP contribution in [0.1, 0.15) is 46.5 Å². The molecule has 0 radical (unpaired) electrons. The van der Waals surface area contributed by atoms with E-state index in [0.29, 0.717) is 18.1 Å². The van der Waals surface area contributed by atoms with Crippen molar-refractivity contribution in [3.8, 4) is 0 Å². The van der Waals surface area contributed by atoms with Gasteiger partial charge in [0.05, 0.1) is 12.2 Å². The molecule has 0 bridgehead atoms. The summed E-state index contributed by atoms with van der Waals surface area (Å²) in [5.74, 6) is 1.10. The Bertz CT molecular complexity index is 254. The fraction of sp³-hybridized carbons (Fsp3) is 0.917. The summed E-state index contributed by atoms with van der Waals surface area (Å²) in [7, 11) is 0. The van der Waals surface area contributed by atoms with Gasteiger partial charge in [0.15, 0.2) is 0 Å². The van der Waals surface area contributed by atoms with Crippen molar-refractivity contribution < 1.29 is 4.79 Å². The molecule has 0 spiro atoms. The van der Waals surface area contributed by atoms with E-state index >= 15 is 0 Å². The van der Waals surface area contributed by atoms with Gasteiger partial charge in [0, 0.05) is 6.04 Å². The van der Waals surface area contributed by atoms with E-state index in [-0.39, 0.29) is 6.04 Å². The Labute approximate surface area is 92.2 Å². The molecular weight excluding hydrogens is 188 g/mol. The number of nitrogens with one attached hydrogen (secondary N) is 1. The van der Waals surface area contributed by atoms with Crippen molar-refractivity contribution in [1.29, 1.82) is 0 Å². The first-order valence-corrected chi connectivity index (χ1v) is 6.31. The summed E-state index contributed by atoms with van der Waals surface area (Å²) in [6.07, 6.45) is 4.66. The molecule has 1 aliphatic heterocycles. The molecular formula is C12H22N2O. The summed E-state index contributed by atoms with van der Waals surface area (Å²) < 4.78 is 0. The van der Waals surface area contributed by atoms with E-state index in [2.05, 4.69) is 31.0 Å². The number of amides is 1. The molecule has 1 saturated heterocycles. The fourth-order valence-electron chi connectivity index (χ4n) is 2.73. The summed E-state index contributed by atoms with van der Waals surface area (Å²) in [6.45, 7) is 6.45. The lowest BCUT2D eigenvalue weighted by atomic mass is 10.2. The first kappa shape index (κ1) is 10.9. The summed E-state index contributed by atoms with van der Waals surface area (Å²) >= 11 is 0. The van der Waals surface area contributed by atoms with E-state index in [1.54, 1.807) is 0 Å². The number of carbonyl (C=O) groups excluding carboxylic acids is 1. The standard InChI is InChI=1S/C12H22N2O/c1-4-8-7-10(8)14-11(6-3)13-9(5-2)12(14)15/h8-11,13H,4-7H2,1-3H3. The minimum atomic E-state index is 0.0769. The van der Waals surface area contributed by atoms with E-state index in [4.69, 9.17) is 0 Å². The number of hydrogen-bond acceptors (Lipinski definition) is 2. The van der Waals surface area contributed by atoms with Crippen LogP contribution < -0.4 is 5.32 Å². The lowest BCUT2D eigenvalue weighted by Gasteiger charge is -2.23. The average Bonchev–Trinajstić information content (AvgIpc) is 2.96. The summed E-state index contributed by atoms with van der Waals surface area (Å²) in [5.41, 5.74) is 0. The van der Waals surface area contributed by atoms with Gasteiger partial charge in [-0.3, -0.25) is 10.1 Å². The highest BCUT2D eigenvalue weighted by molar-refractivity contribution is 5.84. The largest absolute Gasteiger partial charge is 0.323 e. The zero-order valence-corrected chi connectivity index (χ0v) is 9.99. The molecule has 3 heteroatoms. The molecule has 86 valence electrons. The Morgan fingerprint density at radius 3 is 2.47 bits per heavy atom. The highest BCUT2D eigenvalue weighted by Gasteiger charge is 2.49. The maximum Gasteiger partial charge on any atom is 0.241 e. The summed E-state index contributed by atoms with van der Waals surface area (Å²) in [5, 5.41) is 3.43. The molecule has 2 rings (SSSR count). The van der Waals surface area contributed by atoms with Gasteiger partial charge in [-0.15, -0.1) is 0 Å². The quantitative estimate of drug-likeness (QED) is 0.766. The van der Waals surface area contributed by atoms with Crippen molar-refractivity contribution >= 4 is 5.91 Å². The Morgan fingerprint density at radius 1 is 1.27 bits per heavy atom. The van der Waals surface area contributed by atoms with Crippen LogP contribution in [-0.2, 0) is 4.79 Å². The fourth-order valence-corrected chi connectivity index (χ4v) is 2.73. The van der Waals surface area contributed by atoms with Crippen LogP contribution in [0.5, 0.6) is 0 Å². The van der Waals surface area contributed by atoms with E-state index in [0.717, 1.165) is 18.8 Å². The Hall–Kier alpha value is -0.570. The maximum absolute atomic E-state index is 12.1. The molecule has 1 saturated carbocycles. The molecule has 0 aromatic carbocycles. The molecule has 1 amide bonds. The average molecular weight is 210 g/mol. The van der Waals surface area contributed by atoms with E-state index in [1.807, 2.05) is 0 Å². The predicted molar refractivity (Wildman–Crippen MR) is 60.3 cm³/mol. The zero-order chi connectivity index (χ0) is 11.0. The van der Waals surface area contributed by atoms with Gasteiger partial charge in [-0.05, 0) is 25.2 Å². The molecule has 2 aliphatic rings. The number of rotatable bonds is 4. The molecule has 3 nitrogen and oxygen atoms in total. The van der Waals surface area contributed by atoms with Crippen molar-refractivity contribution in [2.45, 2.75) is 64.7 Å². The van der Waals surface area contributed by atoms with Crippen LogP contribution in [0, 0.1) is 5.92 Å². The molecule has 15 heavy (non-hydrogen) atoms. The van der Waals surface area contributed by atoms with Gasteiger partial charge in [0.1, 0.15) is 0 Å². The highest BCUT2D eigenvalue weighted by atomic mass is 16.2. The van der Waals surface area contributed by atoms with Crippen LogP contribution in [0.3, 0.4) is 0 Å². The molecule has 0 aromatic heterocycles. The van der Waals surface area contributed by atoms with Gasteiger partial charge in [-0.2, -0.15) is 0 Å². The number of carbonyl (C=O) groups is 1. The summed E-state index contributed by atoms with van der Waals surface area (Å²) in [4.78, 5) is 14.2. The lowest BCUT2D eigenvalue weighted by Crippen LogP contribution is -2.39. The topological polar surface area (TPSA) is 32.3 Å². The Balaban J connectivity index is 2.05. The van der Waals surface area contributed by atoms with Gasteiger partial charge in [0.2, 0.25) is 5.91 Å². The van der Waals surface area contributed by atoms with Gasteiger partial charge in [0.25, 0.3) is 0 Å². The molecule has 1 N–H and O–H groups in total. The monoisotopic (exact) mass is 210 g/mol. The third-order valence-corrected chi connectivity index (χ3v) is 3.84. The van der Waals surface area contributed by atoms with Crippen molar-refractivity contribution in [2.24, 2.45) is 5.92 Å². The van der Waals surface area contributed by atoms with Crippen molar-refractivity contribution in [3.05, 3.63) is 0 Å². The van der Waals surface area contributed by atoms with Crippen LogP contribution in [0.25, 0.3) is 0 Å². The zero-order valence-electron chi connectivity index (χ0n) is 9.99. The normalized spacial score (nSPS) is 39.9. The van der Waals surface area contributed by atoms with Crippen LogP contribution in [0.15, 0.2) is 0 Å². The van der Waals surface area contributed by atoms with Gasteiger partial charge < -0.3 is 4.90 Å². The van der Waals surface area contributed by atoms with Crippen molar-refractivity contribution in [2.75, 3.05) is 0 Å². The maximum atomic E-state index is 12.1. The SMILES string of the molecule is CCC1NC(CC)N(C2CC2CC)C1=O. The second-order valence-corrected chi connectivity index (χ2v) is 4.77. The number of hydrogen-bond donors (Lipinski definition) is 1. The second-order valence-electron chi connectivity index (χ2n) is 4.77. The second kappa shape index (κ2) is 4.12. The predicted octanol–water partition coefficient (Wildman–Crippen LogP) is 1.73. The van der Waals surface area contributed by atoms with Gasteiger partial charge >= 0.3 is 0 Å². The smallest absolute Gasteiger partial charge is 0.241 e. The van der Waals surface area contributed by atoms with Crippen molar-refractivity contribution in [3.63, 3.8) is 0 Å². The van der Waals surface area contributed by atoms with E-state index in [9.17, 15) is 4.79 Å². The third kappa shape index (κ3) is 1.78. The Morgan fingerprint density at radius 2 is 2.00 bits per heavy atom. The minimum absolute atomic E-state index is 0.0769.